The summed E-state index contributed by atoms with van der Waals surface area (Å²) in [6, 6.07) is 7.59. The first-order chi connectivity index (χ1) is 23.3. The summed E-state index contributed by atoms with van der Waals surface area (Å²) in [4.78, 5) is 75.3. The molecule has 0 saturated heterocycles. The van der Waals surface area contributed by atoms with Crippen LogP contribution in [0.4, 0.5) is 5.82 Å². The van der Waals surface area contributed by atoms with Crippen molar-refractivity contribution in [1.82, 2.24) is 34.0 Å². The summed E-state index contributed by atoms with van der Waals surface area (Å²) >= 11 is 0. The highest BCUT2D eigenvalue weighted by Gasteiger charge is 2.24. The molecule has 264 valence electrons. The number of rotatable bonds is 18. The number of likely N-dealkylation sites (N-methyl/N-ethyl adjacent to an activating group) is 2. The van der Waals surface area contributed by atoms with Gasteiger partial charge in [0.15, 0.2) is 5.82 Å². The van der Waals surface area contributed by atoms with Crippen LogP contribution in [0.3, 0.4) is 0 Å². The van der Waals surface area contributed by atoms with Gasteiger partial charge in [0.25, 0.3) is 11.8 Å². The molecular formula is C33H44N8O7S. The number of para-hydroxylation sites is 1. The van der Waals surface area contributed by atoms with E-state index in [0.717, 1.165) is 27.9 Å². The van der Waals surface area contributed by atoms with E-state index in [1.807, 2.05) is 31.2 Å². The van der Waals surface area contributed by atoms with E-state index in [9.17, 15) is 32.4 Å². The molecule has 1 aromatic carbocycles. The van der Waals surface area contributed by atoms with Gasteiger partial charge in [0.1, 0.15) is 11.3 Å². The van der Waals surface area contributed by atoms with Gasteiger partial charge in [-0.1, -0.05) is 25.1 Å². The molecule has 15 nitrogen and oxygen atoms in total. The Kier molecular flexibility index (Phi) is 12.6. The number of aromatic nitrogens is 3. The van der Waals surface area contributed by atoms with Gasteiger partial charge in [-0.05, 0) is 25.3 Å². The summed E-state index contributed by atoms with van der Waals surface area (Å²) in [5.41, 5.74) is 2.06. The van der Waals surface area contributed by atoms with Crippen molar-refractivity contribution >= 4 is 67.3 Å². The summed E-state index contributed by atoms with van der Waals surface area (Å²) in [5.74, 6) is -0.451. The van der Waals surface area contributed by atoms with Crippen LogP contribution in [-0.4, -0.2) is 114 Å². The predicted molar refractivity (Wildman–Crippen MR) is 185 cm³/mol. The van der Waals surface area contributed by atoms with Crippen LogP contribution >= 0.6 is 0 Å². The number of imidazole rings is 1. The summed E-state index contributed by atoms with van der Waals surface area (Å²) in [7, 11) is -0.0214. The molecule has 1 aliphatic rings. The van der Waals surface area contributed by atoms with Crippen LogP contribution in [0.15, 0.2) is 36.4 Å². The largest absolute Gasteiger partial charge is 0.344 e. The van der Waals surface area contributed by atoms with Crippen molar-refractivity contribution in [3.8, 4) is 0 Å². The second kappa shape index (κ2) is 16.6. The Morgan fingerprint density at radius 3 is 2.16 bits per heavy atom. The Bertz CT molecular complexity index is 1850. The van der Waals surface area contributed by atoms with Gasteiger partial charge in [0.05, 0.1) is 17.3 Å². The predicted octanol–water partition coefficient (Wildman–Crippen LogP) is 1.82. The van der Waals surface area contributed by atoms with E-state index < -0.39 is 10.0 Å². The van der Waals surface area contributed by atoms with Gasteiger partial charge in [-0.15, -0.1) is 0 Å². The maximum absolute atomic E-state index is 13.1. The van der Waals surface area contributed by atoms with Gasteiger partial charge in [0, 0.05) is 90.0 Å². The van der Waals surface area contributed by atoms with E-state index in [-0.39, 0.29) is 68.4 Å². The average molecular weight is 697 g/mol. The Hall–Kier alpha value is -4.70. The van der Waals surface area contributed by atoms with Crippen LogP contribution < -0.4 is 10.0 Å². The Labute approximate surface area is 285 Å². The molecule has 0 unspecified atom stereocenters. The van der Waals surface area contributed by atoms with Crippen LogP contribution in [0.25, 0.3) is 21.9 Å². The molecule has 0 bridgehead atoms. The van der Waals surface area contributed by atoms with Gasteiger partial charge in [0.2, 0.25) is 27.7 Å². The van der Waals surface area contributed by atoms with Gasteiger partial charge < -0.3 is 19.7 Å². The Morgan fingerprint density at radius 2 is 1.51 bits per heavy atom. The van der Waals surface area contributed by atoms with E-state index in [4.69, 9.17) is 9.97 Å². The monoisotopic (exact) mass is 696 g/mol. The summed E-state index contributed by atoms with van der Waals surface area (Å²) in [5, 5.41) is 3.74. The molecule has 0 aliphatic carbocycles. The van der Waals surface area contributed by atoms with Gasteiger partial charge in [-0.2, -0.15) is 0 Å². The minimum Gasteiger partial charge on any atom is -0.344 e. The number of anilines is 1. The smallest absolute Gasteiger partial charge is 0.253 e. The van der Waals surface area contributed by atoms with Gasteiger partial charge >= 0.3 is 0 Å². The molecule has 0 spiro atoms. The van der Waals surface area contributed by atoms with E-state index in [2.05, 4.69) is 14.6 Å². The summed E-state index contributed by atoms with van der Waals surface area (Å²) in [6.07, 6.45) is 5.91. The normalized spacial score (nSPS) is 13.1. The lowest BCUT2D eigenvalue weighted by Crippen LogP contribution is -2.38. The third-order valence-corrected chi connectivity index (χ3v) is 9.00. The SMILES string of the molecule is CCc1nc2c(NC(=O)CCC(=O)N(C)CCN(C)C(=O)CCCN3C(=O)C=CC3=O)nc3ccccc3c2n1CCCCNS(C)(=O)=O. The molecule has 2 aromatic heterocycles. The molecule has 5 amide bonds. The lowest BCUT2D eigenvalue weighted by molar-refractivity contribution is -0.138. The van der Waals surface area contributed by atoms with Crippen molar-refractivity contribution in [3.63, 3.8) is 0 Å². The Balaban J connectivity index is 1.31. The minimum absolute atomic E-state index is 0.0428. The number of benzene rings is 1. The van der Waals surface area contributed by atoms with E-state index in [0.29, 0.717) is 55.6 Å². The number of sulfonamides is 1. The number of unbranched alkanes of at least 4 members (excludes halogenated alkanes) is 1. The molecule has 4 rings (SSSR count). The first-order valence-electron chi connectivity index (χ1n) is 16.3. The van der Waals surface area contributed by atoms with E-state index in [1.165, 1.54) is 22.0 Å². The highest BCUT2D eigenvalue weighted by molar-refractivity contribution is 7.88. The highest BCUT2D eigenvalue weighted by Crippen LogP contribution is 2.31. The van der Waals surface area contributed by atoms with Crippen molar-refractivity contribution in [2.75, 3.05) is 51.8 Å². The fourth-order valence-corrected chi connectivity index (χ4v) is 6.03. The standard InChI is InChI=1S/C33H44N8O7S/c1-5-25-36-31-32(40(25)19-9-8-18-34-49(4,47)48)23-11-6-7-12-24(23)35-33(31)37-26(42)14-15-28(44)39(3)22-21-38(2)27(43)13-10-20-41-29(45)16-17-30(41)46/h6-7,11-12,16-17,34H,5,8-10,13-15,18-22H2,1-4H3,(H,35,37,42). The maximum atomic E-state index is 13.1. The zero-order valence-electron chi connectivity index (χ0n) is 28.4. The number of imide groups is 1. The number of nitrogens with zero attached hydrogens (tertiary/aromatic N) is 6. The number of amides is 5. The van der Waals surface area contributed by atoms with Crippen LogP contribution in [0.2, 0.25) is 0 Å². The molecule has 2 N–H and O–H groups in total. The fourth-order valence-electron chi connectivity index (χ4n) is 5.52. The second-order valence-electron chi connectivity index (χ2n) is 12.0. The average Bonchev–Trinajstić information content (AvgIpc) is 3.60. The fraction of sp³-hybridized carbons (Fsp3) is 0.485. The number of pyridine rings is 1. The van der Waals surface area contributed by atoms with Crippen molar-refractivity contribution in [1.29, 1.82) is 0 Å². The third-order valence-electron chi connectivity index (χ3n) is 8.27. The highest BCUT2D eigenvalue weighted by atomic mass is 32.2. The number of hydrogen-bond donors (Lipinski definition) is 2. The van der Waals surface area contributed by atoms with Crippen molar-refractivity contribution < 1.29 is 32.4 Å². The molecular weight excluding hydrogens is 652 g/mol. The molecule has 0 saturated carbocycles. The van der Waals surface area contributed by atoms with Crippen LogP contribution in [-0.2, 0) is 47.0 Å². The lowest BCUT2D eigenvalue weighted by atomic mass is 10.1. The molecule has 49 heavy (non-hydrogen) atoms. The number of fused-ring (bicyclic) bond motifs is 3. The quantitative estimate of drug-likeness (QED) is 0.148. The van der Waals surface area contributed by atoms with Crippen molar-refractivity contribution in [2.45, 2.75) is 58.4 Å². The molecule has 0 atom stereocenters. The molecule has 1 aliphatic heterocycles. The number of carbonyl (C=O) groups is 5. The van der Waals surface area contributed by atoms with Crippen molar-refractivity contribution in [3.05, 3.63) is 42.2 Å². The van der Waals surface area contributed by atoms with Gasteiger partial charge in [-0.3, -0.25) is 28.9 Å². The Morgan fingerprint density at radius 1 is 0.857 bits per heavy atom. The van der Waals surface area contributed by atoms with Crippen LogP contribution in [0.1, 0.15) is 51.3 Å². The van der Waals surface area contributed by atoms with E-state index in [1.54, 1.807) is 14.1 Å². The topological polar surface area (TPSA) is 184 Å². The number of hydrogen-bond acceptors (Lipinski definition) is 9. The number of carbonyl (C=O) groups excluding carboxylic acids is 5. The van der Waals surface area contributed by atoms with Crippen LogP contribution in [0, 0.1) is 0 Å². The maximum Gasteiger partial charge on any atom is 0.253 e. The third kappa shape index (κ3) is 9.92. The second-order valence-corrected chi connectivity index (χ2v) is 13.9. The minimum atomic E-state index is -3.26. The van der Waals surface area contributed by atoms with E-state index >= 15 is 0 Å². The zero-order chi connectivity index (χ0) is 35.7. The molecule has 16 heteroatoms. The molecule has 0 fully saturated rings. The van der Waals surface area contributed by atoms with Gasteiger partial charge in [-0.25, -0.2) is 23.1 Å². The first kappa shape index (κ1) is 37.1. The first-order valence-corrected chi connectivity index (χ1v) is 18.2. The number of aryl methyl sites for hydroxylation is 2. The summed E-state index contributed by atoms with van der Waals surface area (Å²) < 4.78 is 27.5. The van der Waals surface area contributed by atoms with Crippen molar-refractivity contribution in [2.24, 2.45) is 0 Å². The zero-order valence-corrected chi connectivity index (χ0v) is 29.2. The molecule has 3 aromatic rings. The van der Waals surface area contributed by atoms with Crippen LogP contribution in [0.5, 0.6) is 0 Å². The molecule has 0 radical (unpaired) electrons. The lowest BCUT2D eigenvalue weighted by Gasteiger charge is -2.23. The molecule has 3 heterocycles. The number of nitrogens with one attached hydrogen (secondary N) is 2. The summed E-state index contributed by atoms with van der Waals surface area (Å²) in [6.45, 7) is 3.65.